The molecule has 0 spiro atoms. The van der Waals surface area contributed by atoms with Crippen molar-refractivity contribution >= 4 is 63.5 Å². The fourth-order valence-corrected chi connectivity index (χ4v) is 9.78. The number of hydrogen-bond donors (Lipinski definition) is 6. The zero-order chi connectivity index (χ0) is 44.7. The average molecular weight is 916 g/mol. The molecule has 2 aromatic rings. The van der Waals surface area contributed by atoms with E-state index in [0.717, 1.165) is 0 Å². The number of carbonyl (C=O) groups excluding carboxylic acids is 1. The lowest BCUT2D eigenvalue weighted by Gasteiger charge is -2.30. The standard InChI is InChI=1S/C39H54N4O13S4/c1-38(2)31-27-29(59(51,52)53)16-18-33(31)42(23-11-25-57(45,46)47)35(38)13-6-4-7-14-36-39(3,20-9-5-8-15-37(44)41-22-10-21-40)32-28-30(60(54,55)56)17-19-34(32)43(36)24-12-26-58(48,49)50/h4,6-7,13-14,16-19,27-28H,5,8-12,15,20-26,40H2,1-3H3,(H4-,41,44,45,46,47,48,49,50,51,52,53,54,55,56)/p+1. The summed E-state index contributed by atoms with van der Waals surface area (Å²) in [6, 6.07) is 8.33. The third-order valence-corrected chi connectivity index (χ3v) is 14.1. The number of amides is 1. The molecule has 21 heteroatoms. The molecule has 1 amide bonds. The van der Waals surface area contributed by atoms with E-state index in [-0.39, 0.29) is 41.6 Å². The maximum absolute atomic E-state index is 12.3. The number of nitrogens with one attached hydrogen (secondary N) is 1. The molecule has 60 heavy (non-hydrogen) atoms. The van der Waals surface area contributed by atoms with E-state index >= 15 is 0 Å². The highest BCUT2D eigenvalue weighted by molar-refractivity contribution is 7.86. The van der Waals surface area contributed by atoms with Crippen molar-refractivity contribution in [1.29, 1.82) is 0 Å². The second-order valence-electron chi connectivity index (χ2n) is 15.6. The van der Waals surface area contributed by atoms with E-state index in [1.165, 1.54) is 30.3 Å². The molecule has 1 atom stereocenters. The van der Waals surface area contributed by atoms with E-state index in [2.05, 4.69) is 5.32 Å². The molecule has 0 radical (unpaired) electrons. The lowest BCUT2D eigenvalue weighted by molar-refractivity contribution is -0.437. The third kappa shape index (κ3) is 12.6. The van der Waals surface area contributed by atoms with Gasteiger partial charge in [-0.25, -0.2) is 0 Å². The first-order chi connectivity index (χ1) is 27.8. The summed E-state index contributed by atoms with van der Waals surface area (Å²) in [5, 5.41) is 2.83. The van der Waals surface area contributed by atoms with Gasteiger partial charge in [0, 0.05) is 60.4 Å². The number of rotatable bonds is 22. The van der Waals surface area contributed by atoms with Gasteiger partial charge in [0.05, 0.1) is 26.7 Å². The van der Waals surface area contributed by atoms with Crippen molar-refractivity contribution in [2.24, 2.45) is 5.73 Å². The molecule has 17 nitrogen and oxygen atoms in total. The van der Waals surface area contributed by atoms with Crippen LogP contribution in [-0.2, 0) is 56.1 Å². The van der Waals surface area contributed by atoms with Gasteiger partial charge in [0.15, 0.2) is 5.71 Å². The Morgan fingerprint density at radius 1 is 0.767 bits per heavy atom. The van der Waals surface area contributed by atoms with Crippen molar-refractivity contribution in [2.45, 2.75) is 92.8 Å². The second kappa shape index (κ2) is 19.5. The number of hydrogen-bond acceptors (Lipinski definition) is 11. The highest BCUT2D eigenvalue weighted by Gasteiger charge is 2.45. The Bertz CT molecular complexity index is 2510. The number of unbranched alkanes of at least 4 members (excludes halogenated alkanes) is 2. The molecule has 0 saturated heterocycles. The maximum Gasteiger partial charge on any atom is 0.294 e. The van der Waals surface area contributed by atoms with Crippen LogP contribution in [0.1, 0.15) is 83.3 Å². The van der Waals surface area contributed by atoms with Crippen molar-refractivity contribution < 1.29 is 61.3 Å². The summed E-state index contributed by atoms with van der Waals surface area (Å²) in [5.74, 6) is -1.12. The molecule has 7 N–H and O–H groups in total. The van der Waals surface area contributed by atoms with Crippen LogP contribution in [0.3, 0.4) is 0 Å². The van der Waals surface area contributed by atoms with Crippen molar-refractivity contribution in [3.8, 4) is 0 Å². The van der Waals surface area contributed by atoms with Gasteiger partial charge in [-0.3, -0.25) is 23.0 Å². The summed E-state index contributed by atoms with van der Waals surface area (Å²) in [5.41, 5.74) is 7.45. The zero-order valence-electron chi connectivity index (χ0n) is 33.8. The number of anilines is 1. The van der Waals surface area contributed by atoms with Crippen LogP contribution in [0.25, 0.3) is 0 Å². The van der Waals surface area contributed by atoms with Crippen molar-refractivity contribution in [3.05, 3.63) is 83.6 Å². The molecule has 0 aliphatic carbocycles. The van der Waals surface area contributed by atoms with Gasteiger partial charge in [0.1, 0.15) is 6.54 Å². The number of allylic oxidation sites excluding steroid dienone is 6. The lowest BCUT2D eigenvalue weighted by atomic mass is 9.77. The minimum absolute atomic E-state index is 0.0231. The van der Waals surface area contributed by atoms with Gasteiger partial charge in [0.2, 0.25) is 11.6 Å². The molecular formula is C39H55N4O13S4+. The minimum Gasteiger partial charge on any atom is -0.356 e. The average Bonchev–Trinajstić information content (AvgIpc) is 3.48. The van der Waals surface area contributed by atoms with Crippen LogP contribution < -0.4 is 16.0 Å². The highest BCUT2D eigenvalue weighted by Crippen LogP contribution is 2.51. The van der Waals surface area contributed by atoms with Crippen molar-refractivity contribution in [2.75, 3.05) is 42.6 Å². The Morgan fingerprint density at radius 3 is 2.00 bits per heavy atom. The quantitative estimate of drug-likeness (QED) is 0.0416. The predicted octanol–water partition coefficient (Wildman–Crippen LogP) is 4.30. The Kier molecular flexibility index (Phi) is 15.9. The predicted molar refractivity (Wildman–Crippen MR) is 228 cm³/mol. The van der Waals surface area contributed by atoms with Gasteiger partial charge in [-0.2, -0.15) is 38.2 Å². The van der Waals surface area contributed by atoms with E-state index in [0.29, 0.717) is 85.5 Å². The lowest BCUT2D eigenvalue weighted by Crippen LogP contribution is -2.30. The topological polar surface area (TPSA) is 279 Å². The van der Waals surface area contributed by atoms with Crippen LogP contribution in [0.5, 0.6) is 0 Å². The molecular weight excluding hydrogens is 861 g/mol. The monoisotopic (exact) mass is 915 g/mol. The van der Waals surface area contributed by atoms with E-state index in [4.69, 9.17) is 5.73 Å². The van der Waals surface area contributed by atoms with E-state index < -0.39 is 62.8 Å². The molecule has 332 valence electrons. The number of nitrogens with zero attached hydrogens (tertiary/aromatic N) is 2. The van der Waals surface area contributed by atoms with Crippen LogP contribution in [0.15, 0.2) is 82.3 Å². The molecule has 0 saturated carbocycles. The van der Waals surface area contributed by atoms with Crippen LogP contribution in [0.2, 0.25) is 0 Å². The zero-order valence-corrected chi connectivity index (χ0v) is 37.1. The van der Waals surface area contributed by atoms with Crippen molar-refractivity contribution in [1.82, 2.24) is 5.32 Å². The smallest absolute Gasteiger partial charge is 0.294 e. The molecule has 2 aromatic carbocycles. The molecule has 0 aromatic heterocycles. The largest absolute Gasteiger partial charge is 0.356 e. The Balaban J connectivity index is 1.73. The third-order valence-electron chi connectivity index (χ3n) is 10.8. The summed E-state index contributed by atoms with van der Waals surface area (Å²) >= 11 is 0. The fraction of sp³-hybridized carbons (Fsp3) is 0.487. The number of carbonyl (C=O) groups is 1. The van der Waals surface area contributed by atoms with E-state index in [1.807, 2.05) is 30.2 Å². The van der Waals surface area contributed by atoms with Crippen LogP contribution in [-0.4, -0.2) is 106 Å². The minimum atomic E-state index is -4.60. The molecule has 2 aliphatic heterocycles. The summed E-state index contributed by atoms with van der Waals surface area (Å²) in [6.07, 6.45) is 12.1. The van der Waals surface area contributed by atoms with Gasteiger partial charge >= 0.3 is 0 Å². The van der Waals surface area contributed by atoms with E-state index in [9.17, 15) is 56.7 Å². The molecule has 2 heterocycles. The summed E-state index contributed by atoms with van der Waals surface area (Å²) < 4.78 is 135. The Morgan fingerprint density at radius 2 is 1.38 bits per heavy atom. The number of benzene rings is 2. The van der Waals surface area contributed by atoms with Gasteiger partial charge in [-0.15, -0.1) is 0 Å². The SMILES string of the molecule is CC1(C)C(/C=C/C=C/C=C2/N(CCCS(=O)(=O)O)c3ccc(S(=O)(=O)O)cc3C2(C)CCCCCC(=O)NCCCN)=[N+](CCCS(=O)(=O)O)c2ccc(S(=O)(=O)O)cc21. The van der Waals surface area contributed by atoms with Crippen LogP contribution in [0, 0.1) is 0 Å². The second-order valence-corrected chi connectivity index (χ2v) is 21.6. The molecule has 2 aliphatic rings. The summed E-state index contributed by atoms with van der Waals surface area (Å²) in [7, 11) is -17.7. The molecule has 1 unspecified atom stereocenters. The van der Waals surface area contributed by atoms with Crippen molar-refractivity contribution in [3.63, 3.8) is 0 Å². The highest BCUT2D eigenvalue weighted by atomic mass is 32.2. The first-order valence-corrected chi connectivity index (χ1v) is 25.5. The van der Waals surface area contributed by atoms with Gasteiger partial charge in [0.25, 0.3) is 40.5 Å². The molecule has 4 rings (SSSR count). The summed E-state index contributed by atoms with van der Waals surface area (Å²) in [4.78, 5) is 13.5. The fourth-order valence-electron chi connectivity index (χ4n) is 7.78. The molecule has 0 bridgehead atoms. The number of nitrogens with two attached hydrogens (primary N) is 1. The van der Waals surface area contributed by atoms with E-state index in [1.54, 1.807) is 36.4 Å². The van der Waals surface area contributed by atoms with Gasteiger partial charge in [-0.05, 0) is 95.0 Å². The molecule has 0 fully saturated rings. The van der Waals surface area contributed by atoms with Crippen LogP contribution >= 0.6 is 0 Å². The first kappa shape index (κ1) is 48.9. The Labute approximate surface area is 353 Å². The van der Waals surface area contributed by atoms with Gasteiger partial charge < -0.3 is 16.0 Å². The Hall–Kier alpha value is -3.80. The first-order valence-electron chi connectivity index (χ1n) is 19.4. The van der Waals surface area contributed by atoms with Gasteiger partial charge in [-0.1, -0.05) is 31.1 Å². The maximum atomic E-state index is 12.3. The van der Waals surface area contributed by atoms with Crippen LogP contribution in [0.4, 0.5) is 11.4 Å². The number of fused-ring (bicyclic) bond motifs is 2. The normalized spacial score (nSPS) is 18.9. The summed E-state index contributed by atoms with van der Waals surface area (Å²) in [6.45, 7) is 6.82.